The van der Waals surface area contributed by atoms with E-state index >= 15 is 0 Å². The quantitative estimate of drug-likeness (QED) is 0.396. The van der Waals surface area contributed by atoms with Crippen LogP contribution in [0.2, 0.25) is 0 Å². The molecule has 3 heterocycles. The van der Waals surface area contributed by atoms with Crippen LogP contribution >= 0.6 is 0 Å². The number of carbonyl (C=O) groups excluding carboxylic acids is 3. The van der Waals surface area contributed by atoms with E-state index in [4.69, 9.17) is 9.15 Å². The number of nitrogens with one attached hydrogen (secondary N) is 3. The second-order valence-corrected chi connectivity index (χ2v) is 8.83. The number of hydrogen-bond donors (Lipinski definition) is 3. The number of hydrogen-bond acceptors (Lipinski definition) is 7. The predicted molar refractivity (Wildman–Crippen MR) is 131 cm³/mol. The number of ether oxygens (including phenoxy) is 1. The van der Waals surface area contributed by atoms with Gasteiger partial charge in [0.2, 0.25) is 11.7 Å². The van der Waals surface area contributed by atoms with E-state index in [1.165, 1.54) is 13.1 Å². The maximum Gasteiger partial charge on any atom is 0.451 e. The van der Waals surface area contributed by atoms with E-state index in [-0.39, 0.29) is 24.1 Å². The van der Waals surface area contributed by atoms with E-state index in [1.807, 2.05) is 0 Å². The van der Waals surface area contributed by atoms with Crippen molar-refractivity contribution in [3.8, 4) is 11.3 Å². The first-order valence-electron chi connectivity index (χ1n) is 12.1. The lowest BCUT2D eigenvalue weighted by Gasteiger charge is -2.29. The second kappa shape index (κ2) is 12.1. The summed E-state index contributed by atoms with van der Waals surface area (Å²) in [5.74, 6) is -2.69. The van der Waals surface area contributed by atoms with E-state index < -0.39 is 35.6 Å². The van der Waals surface area contributed by atoms with Crippen LogP contribution in [-0.4, -0.2) is 54.0 Å². The summed E-state index contributed by atoms with van der Waals surface area (Å²) in [6.07, 6.45) is -2.61. The molecule has 39 heavy (non-hydrogen) atoms. The highest BCUT2D eigenvalue weighted by Crippen LogP contribution is 2.26. The molecule has 10 nitrogen and oxygen atoms in total. The molecule has 1 unspecified atom stereocenters. The fourth-order valence-electron chi connectivity index (χ4n) is 4.16. The fourth-order valence-corrected chi connectivity index (χ4v) is 4.16. The van der Waals surface area contributed by atoms with Crippen molar-refractivity contribution < 1.29 is 36.7 Å². The van der Waals surface area contributed by atoms with Gasteiger partial charge in [0.1, 0.15) is 17.5 Å². The molecule has 0 bridgehead atoms. The third kappa shape index (κ3) is 6.99. The smallest absolute Gasteiger partial charge is 0.451 e. The predicted octanol–water partition coefficient (Wildman–Crippen LogP) is 2.96. The SMILES string of the molecule is CNC(=O)C(NC(=O)c1ccc(-c2cccc(CNC(=O)c3ccnc(C(F)(F)F)n3)c2)o1)C1CCOCC1. The van der Waals surface area contributed by atoms with Gasteiger partial charge in [0.25, 0.3) is 11.8 Å². The molecule has 1 atom stereocenters. The number of amides is 3. The molecule has 0 spiro atoms. The fraction of sp³-hybridized carbons (Fsp3) is 0.346. The van der Waals surface area contributed by atoms with Gasteiger partial charge in [0, 0.05) is 38.6 Å². The van der Waals surface area contributed by atoms with Crippen molar-refractivity contribution in [1.29, 1.82) is 0 Å². The lowest BCUT2D eigenvalue weighted by atomic mass is 9.91. The van der Waals surface area contributed by atoms with E-state index in [9.17, 15) is 27.6 Å². The summed E-state index contributed by atoms with van der Waals surface area (Å²) in [5, 5.41) is 7.87. The number of aromatic nitrogens is 2. The largest absolute Gasteiger partial charge is 0.451 e. The van der Waals surface area contributed by atoms with Gasteiger partial charge in [-0.25, -0.2) is 9.97 Å². The Kier molecular flexibility index (Phi) is 8.59. The van der Waals surface area contributed by atoms with Gasteiger partial charge < -0.3 is 25.1 Å². The summed E-state index contributed by atoms with van der Waals surface area (Å²) in [5.41, 5.74) is 0.827. The average molecular weight is 546 g/mol. The van der Waals surface area contributed by atoms with Gasteiger partial charge in [0.05, 0.1) is 0 Å². The minimum Gasteiger partial charge on any atom is -0.451 e. The Morgan fingerprint density at radius 3 is 2.56 bits per heavy atom. The normalized spacial score (nSPS) is 14.9. The molecule has 0 aliphatic carbocycles. The van der Waals surface area contributed by atoms with Crippen molar-refractivity contribution in [3.63, 3.8) is 0 Å². The van der Waals surface area contributed by atoms with Crippen molar-refractivity contribution in [2.45, 2.75) is 31.6 Å². The Bertz CT molecular complexity index is 1340. The van der Waals surface area contributed by atoms with Crippen LogP contribution in [0.1, 0.15) is 45.3 Å². The zero-order chi connectivity index (χ0) is 28.0. The van der Waals surface area contributed by atoms with Gasteiger partial charge >= 0.3 is 6.18 Å². The number of rotatable bonds is 8. The minimum absolute atomic E-state index is 0.00495. The molecule has 0 saturated carbocycles. The first-order valence-corrected chi connectivity index (χ1v) is 12.1. The standard InChI is InChI=1S/C26H26F3N5O5/c1-30-24(37)21(16-8-11-38-12-9-16)34-23(36)20-6-5-19(39-20)17-4-2-3-15(13-17)14-32-22(35)18-7-10-31-25(33-18)26(27,28)29/h2-7,10,13,16,21H,8-9,11-12,14H2,1H3,(H,30,37)(H,32,35)(H,34,36). The molecular formula is C26H26F3N5O5. The summed E-state index contributed by atoms with van der Waals surface area (Å²) in [7, 11) is 1.51. The van der Waals surface area contributed by atoms with Crippen molar-refractivity contribution in [3.05, 3.63) is 71.5 Å². The molecule has 4 rings (SSSR count). The molecule has 3 amide bonds. The van der Waals surface area contributed by atoms with Crippen LogP contribution in [0.3, 0.4) is 0 Å². The second-order valence-electron chi connectivity index (χ2n) is 8.83. The van der Waals surface area contributed by atoms with E-state index in [0.717, 1.165) is 12.3 Å². The summed E-state index contributed by atoms with van der Waals surface area (Å²) < 4.78 is 49.6. The van der Waals surface area contributed by atoms with E-state index in [2.05, 4.69) is 25.9 Å². The summed E-state index contributed by atoms with van der Waals surface area (Å²) in [6, 6.07) is 10.3. The lowest BCUT2D eigenvalue weighted by Crippen LogP contribution is -2.51. The number of likely N-dealkylation sites (N-methyl/N-ethyl adjacent to an activating group) is 1. The highest BCUT2D eigenvalue weighted by molar-refractivity contribution is 5.96. The Morgan fingerprint density at radius 1 is 1.08 bits per heavy atom. The molecular weight excluding hydrogens is 519 g/mol. The van der Waals surface area contributed by atoms with Crippen molar-refractivity contribution in [2.75, 3.05) is 20.3 Å². The Labute approximate surface area is 221 Å². The Morgan fingerprint density at radius 2 is 1.85 bits per heavy atom. The molecule has 2 aromatic heterocycles. The Balaban J connectivity index is 1.41. The molecule has 3 N–H and O–H groups in total. The highest BCUT2D eigenvalue weighted by Gasteiger charge is 2.35. The van der Waals surface area contributed by atoms with Crippen LogP contribution in [0.5, 0.6) is 0 Å². The van der Waals surface area contributed by atoms with Crippen LogP contribution in [0.4, 0.5) is 13.2 Å². The minimum atomic E-state index is -4.77. The number of carbonyl (C=O) groups is 3. The van der Waals surface area contributed by atoms with E-state index in [1.54, 1.807) is 30.3 Å². The third-order valence-electron chi connectivity index (χ3n) is 6.19. The van der Waals surface area contributed by atoms with Gasteiger partial charge in [-0.05, 0) is 48.6 Å². The molecule has 206 valence electrons. The summed E-state index contributed by atoms with van der Waals surface area (Å²) in [4.78, 5) is 44.1. The zero-order valence-electron chi connectivity index (χ0n) is 20.9. The first kappa shape index (κ1) is 27.8. The van der Waals surface area contributed by atoms with Gasteiger partial charge in [-0.15, -0.1) is 0 Å². The molecule has 1 aromatic carbocycles. The number of furan rings is 1. The molecule has 3 aromatic rings. The summed E-state index contributed by atoms with van der Waals surface area (Å²) >= 11 is 0. The topological polar surface area (TPSA) is 135 Å². The molecule has 13 heteroatoms. The van der Waals surface area contributed by atoms with Crippen molar-refractivity contribution >= 4 is 17.7 Å². The van der Waals surface area contributed by atoms with Crippen LogP contribution < -0.4 is 16.0 Å². The molecule has 1 fully saturated rings. The molecule has 1 aliphatic rings. The van der Waals surface area contributed by atoms with Crippen molar-refractivity contribution in [1.82, 2.24) is 25.9 Å². The van der Waals surface area contributed by atoms with Gasteiger partial charge in [0.15, 0.2) is 5.76 Å². The average Bonchev–Trinajstić information content (AvgIpc) is 3.45. The van der Waals surface area contributed by atoms with Crippen LogP contribution in [0.15, 0.2) is 53.1 Å². The third-order valence-corrected chi connectivity index (χ3v) is 6.19. The molecule has 1 saturated heterocycles. The highest BCUT2D eigenvalue weighted by atomic mass is 19.4. The van der Waals surface area contributed by atoms with E-state index in [0.29, 0.717) is 42.9 Å². The van der Waals surface area contributed by atoms with Crippen LogP contribution in [0, 0.1) is 5.92 Å². The maximum absolute atomic E-state index is 12.9. The monoisotopic (exact) mass is 545 g/mol. The molecule has 0 radical (unpaired) electrons. The van der Waals surface area contributed by atoms with Gasteiger partial charge in [-0.1, -0.05) is 18.2 Å². The first-order chi connectivity index (χ1) is 18.7. The number of halogens is 3. The van der Waals surface area contributed by atoms with Gasteiger partial charge in [-0.3, -0.25) is 14.4 Å². The number of alkyl halides is 3. The van der Waals surface area contributed by atoms with Crippen LogP contribution in [0.25, 0.3) is 11.3 Å². The lowest BCUT2D eigenvalue weighted by molar-refractivity contribution is -0.145. The maximum atomic E-state index is 12.9. The number of nitrogens with zero attached hydrogens (tertiary/aromatic N) is 2. The Hall–Kier alpha value is -4.26. The van der Waals surface area contributed by atoms with Gasteiger partial charge in [-0.2, -0.15) is 13.2 Å². The number of benzene rings is 1. The summed E-state index contributed by atoms with van der Waals surface area (Å²) in [6.45, 7) is 1.04. The van der Waals surface area contributed by atoms with Crippen molar-refractivity contribution in [2.24, 2.45) is 5.92 Å². The zero-order valence-corrected chi connectivity index (χ0v) is 20.9. The van der Waals surface area contributed by atoms with Crippen LogP contribution in [-0.2, 0) is 22.3 Å². The molecule has 1 aliphatic heterocycles.